The van der Waals surface area contributed by atoms with Crippen molar-refractivity contribution >= 4 is 13.7 Å². The van der Waals surface area contributed by atoms with Gasteiger partial charge in [0.2, 0.25) is 5.91 Å². The molecule has 0 saturated heterocycles. The summed E-state index contributed by atoms with van der Waals surface area (Å²) in [6, 6.07) is -0.869. The number of aliphatic hydroxyl groups is 1. The Kier molecular flexibility index (Phi) is 49.8. The summed E-state index contributed by atoms with van der Waals surface area (Å²) in [5.74, 6) is -0.193. The van der Waals surface area contributed by atoms with Gasteiger partial charge in [0.05, 0.1) is 39.9 Å². The fraction of sp³-hybridized carbons (Fsp3) is 0.817. The second kappa shape index (κ2) is 51.1. The molecule has 404 valence electrons. The third-order valence-corrected chi connectivity index (χ3v) is 13.9. The molecule has 3 unspecified atom stereocenters. The van der Waals surface area contributed by atoms with E-state index in [1.54, 1.807) is 6.08 Å². The number of hydrogen-bond donors (Lipinski definition) is 3. The zero-order chi connectivity index (χ0) is 50.6. The van der Waals surface area contributed by atoms with E-state index in [9.17, 15) is 19.4 Å². The molecule has 0 heterocycles. The molecule has 69 heavy (non-hydrogen) atoms. The molecular weight excluding hydrogens is 876 g/mol. The number of phosphoric ester groups is 1. The third kappa shape index (κ3) is 53.8. The van der Waals surface area contributed by atoms with Crippen LogP contribution in [0.3, 0.4) is 0 Å². The topological polar surface area (TPSA) is 105 Å². The van der Waals surface area contributed by atoms with Gasteiger partial charge in [-0.15, -0.1) is 0 Å². The number of likely N-dealkylation sites (N-methyl/N-ethyl adjacent to an activating group) is 1. The van der Waals surface area contributed by atoms with Crippen molar-refractivity contribution in [3.63, 3.8) is 0 Å². The lowest BCUT2D eigenvalue weighted by Gasteiger charge is -2.25. The molecule has 0 aliphatic heterocycles. The van der Waals surface area contributed by atoms with Gasteiger partial charge >= 0.3 is 7.82 Å². The first-order valence-electron chi connectivity index (χ1n) is 29.2. The Hall–Kier alpha value is -1.80. The predicted octanol–water partition coefficient (Wildman–Crippen LogP) is 17.7. The predicted molar refractivity (Wildman–Crippen MR) is 300 cm³/mol. The number of amides is 1. The van der Waals surface area contributed by atoms with Crippen molar-refractivity contribution in [1.82, 2.24) is 5.32 Å². The van der Waals surface area contributed by atoms with Crippen molar-refractivity contribution in [2.24, 2.45) is 0 Å². The van der Waals surface area contributed by atoms with Gasteiger partial charge in [-0.2, -0.15) is 0 Å². The molecule has 0 aliphatic carbocycles. The number of quaternary nitrogens is 1. The summed E-state index contributed by atoms with van der Waals surface area (Å²) in [5.41, 5.74) is 0. The maximum atomic E-state index is 12.9. The Bertz CT molecular complexity index is 1310. The Morgan fingerprint density at radius 1 is 0.507 bits per heavy atom. The van der Waals surface area contributed by atoms with Gasteiger partial charge in [0.15, 0.2) is 0 Å². The number of carbonyl (C=O) groups excluding carboxylic acids is 1. The summed E-state index contributed by atoms with van der Waals surface area (Å²) < 4.78 is 23.6. The van der Waals surface area contributed by atoms with E-state index in [1.165, 1.54) is 186 Å². The number of aliphatic hydroxyl groups excluding tert-OH is 1. The van der Waals surface area contributed by atoms with E-state index in [2.05, 4.69) is 67.8 Å². The monoisotopic (exact) mass is 990 g/mol. The summed E-state index contributed by atoms with van der Waals surface area (Å²) in [5, 5.41) is 13.8. The maximum Gasteiger partial charge on any atom is 0.472 e. The molecule has 9 heteroatoms. The average molecular weight is 991 g/mol. The molecule has 0 fully saturated rings. The minimum absolute atomic E-state index is 0.0523. The van der Waals surface area contributed by atoms with Crippen LogP contribution in [0.5, 0.6) is 0 Å². The third-order valence-electron chi connectivity index (χ3n) is 12.9. The van der Waals surface area contributed by atoms with Gasteiger partial charge in [-0.1, -0.05) is 248 Å². The van der Waals surface area contributed by atoms with Crippen LogP contribution < -0.4 is 5.32 Å². The number of unbranched alkanes of at least 4 members (excludes halogenated alkanes) is 32. The fourth-order valence-corrected chi connectivity index (χ4v) is 9.14. The highest BCUT2D eigenvalue weighted by molar-refractivity contribution is 7.47. The molecule has 0 spiro atoms. The molecule has 0 aromatic rings. The summed E-state index contributed by atoms with van der Waals surface area (Å²) >= 11 is 0. The van der Waals surface area contributed by atoms with E-state index in [4.69, 9.17) is 9.05 Å². The van der Waals surface area contributed by atoms with Gasteiger partial charge in [-0.25, -0.2) is 4.57 Å². The molecular formula is C60H114N2O6P+. The summed E-state index contributed by atoms with van der Waals surface area (Å²) in [7, 11) is 1.54. The normalized spacial score (nSPS) is 14.4. The van der Waals surface area contributed by atoms with E-state index < -0.39 is 20.0 Å². The Labute approximate surface area is 428 Å². The van der Waals surface area contributed by atoms with Crippen LogP contribution in [0.2, 0.25) is 0 Å². The average Bonchev–Trinajstić information content (AvgIpc) is 3.31. The largest absolute Gasteiger partial charge is 0.472 e. The van der Waals surface area contributed by atoms with E-state index in [-0.39, 0.29) is 19.1 Å². The fourth-order valence-electron chi connectivity index (χ4n) is 8.41. The first-order chi connectivity index (χ1) is 33.5. The number of carbonyl (C=O) groups is 1. The van der Waals surface area contributed by atoms with Gasteiger partial charge in [-0.05, 0) is 70.6 Å². The summed E-state index contributed by atoms with van der Waals surface area (Å²) in [4.78, 5) is 23.2. The molecule has 0 rings (SSSR count). The molecule has 0 radical (unpaired) electrons. The van der Waals surface area contributed by atoms with E-state index in [1.807, 2.05) is 27.2 Å². The smallest absolute Gasteiger partial charge is 0.387 e. The lowest BCUT2D eigenvalue weighted by atomic mass is 10.0. The van der Waals surface area contributed by atoms with Crippen LogP contribution in [0, 0.1) is 0 Å². The zero-order valence-electron chi connectivity index (χ0n) is 46.0. The van der Waals surface area contributed by atoms with Crippen LogP contribution in [0.1, 0.15) is 264 Å². The van der Waals surface area contributed by atoms with E-state index in [0.29, 0.717) is 17.4 Å². The SMILES string of the molecule is CC/C=C/CC/C=C/CC/C=C/C(O)C(COP(=O)(O)OCC[N+](C)(C)C)NC(=O)CCCCCCCCCCCCCCCCCCC/C=C\C/C=C\CCCCCCCCCCCCCCC. The number of rotatable bonds is 53. The van der Waals surface area contributed by atoms with Gasteiger partial charge < -0.3 is 19.8 Å². The number of phosphoric acid groups is 1. The van der Waals surface area contributed by atoms with E-state index >= 15 is 0 Å². The zero-order valence-corrected chi connectivity index (χ0v) is 46.9. The van der Waals surface area contributed by atoms with Crippen LogP contribution in [-0.2, 0) is 18.4 Å². The highest BCUT2D eigenvalue weighted by Crippen LogP contribution is 2.43. The van der Waals surface area contributed by atoms with E-state index in [0.717, 1.165) is 57.8 Å². The highest BCUT2D eigenvalue weighted by Gasteiger charge is 2.27. The van der Waals surface area contributed by atoms with Crippen molar-refractivity contribution in [3.8, 4) is 0 Å². The van der Waals surface area contributed by atoms with Gasteiger partial charge in [-0.3, -0.25) is 13.8 Å². The van der Waals surface area contributed by atoms with Crippen molar-refractivity contribution < 1.29 is 32.9 Å². The van der Waals surface area contributed by atoms with Crippen LogP contribution in [-0.4, -0.2) is 73.4 Å². The molecule has 0 bridgehead atoms. The summed E-state index contributed by atoms with van der Waals surface area (Å²) in [6.45, 7) is 4.67. The molecule has 0 aromatic carbocycles. The van der Waals surface area contributed by atoms with Crippen LogP contribution in [0.15, 0.2) is 60.8 Å². The van der Waals surface area contributed by atoms with Gasteiger partial charge in [0.1, 0.15) is 13.2 Å². The van der Waals surface area contributed by atoms with Gasteiger partial charge in [0.25, 0.3) is 0 Å². The Morgan fingerprint density at radius 2 is 0.884 bits per heavy atom. The maximum absolute atomic E-state index is 12.9. The minimum atomic E-state index is -4.35. The molecule has 3 atom stereocenters. The first-order valence-corrected chi connectivity index (χ1v) is 30.7. The molecule has 1 amide bonds. The minimum Gasteiger partial charge on any atom is -0.387 e. The van der Waals surface area contributed by atoms with Crippen molar-refractivity contribution in [3.05, 3.63) is 60.8 Å². The highest BCUT2D eigenvalue weighted by atomic mass is 31.2. The van der Waals surface area contributed by atoms with Gasteiger partial charge in [0, 0.05) is 6.42 Å². The Morgan fingerprint density at radius 3 is 1.30 bits per heavy atom. The number of hydrogen-bond acceptors (Lipinski definition) is 5. The van der Waals surface area contributed by atoms with Crippen molar-refractivity contribution in [1.29, 1.82) is 0 Å². The molecule has 0 saturated carbocycles. The molecule has 8 nitrogen and oxygen atoms in total. The Balaban J connectivity index is 3.90. The van der Waals surface area contributed by atoms with Crippen molar-refractivity contribution in [2.45, 2.75) is 276 Å². The molecule has 0 aromatic heterocycles. The standard InChI is InChI=1S/C60H113N2O6P/c1-6-8-10-12-14-16-18-19-20-21-22-23-24-25-26-27-28-29-30-31-32-33-34-35-36-37-38-39-40-41-42-43-44-46-48-50-52-54-60(64)61-58(57-68-69(65,66)67-56-55-62(3,4)5)59(63)53-51-49-47-45-17-15-13-11-9-7-2/h9,11,17,26-27,29-30,45,51,53,58-59,63H,6-8,10,12-16,18-25,28,31-44,46-50,52,54-57H2,1-5H3,(H-,61,64,65,66)/p+1/b11-9+,27-26-,30-29-,45-17+,53-51+. The second-order valence-electron chi connectivity index (χ2n) is 21.0. The van der Waals surface area contributed by atoms with Crippen molar-refractivity contribution in [2.75, 3.05) is 40.9 Å². The lowest BCUT2D eigenvalue weighted by Crippen LogP contribution is -2.45. The summed E-state index contributed by atoms with van der Waals surface area (Å²) in [6.07, 6.45) is 69.5. The van der Waals surface area contributed by atoms with Crippen LogP contribution in [0.25, 0.3) is 0 Å². The number of nitrogens with zero attached hydrogens (tertiary/aromatic N) is 1. The van der Waals surface area contributed by atoms with Crippen LogP contribution >= 0.6 is 7.82 Å². The quantitative estimate of drug-likeness (QED) is 0.0243. The molecule has 3 N–H and O–H groups in total. The number of nitrogens with one attached hydrogen (secondary N) is 1. The second-order valence-corrected chi connectivity index (χ2v) is 22.4. The lowest BCUT2D eigenvalue weighted by molar-refractivity contribution is -0.870. The van der Waals surface area contributed by atoms with Crippen LogP contribution in [0.4, 0.5) is 0 Å². The first kappa shape index (κ1) is 67.2. The molecule has 0 aliphatic rings. The number of allylic oxidation sites excluding steroid dienone is 9.